The average Bonchev–Trinajstić information content (AvgIpc) is 2.73. The SMILES string of the molecule is N#Cc1ccc(NC(=O)CN2CCN(C(=O)c3ccccc3C(F)(F)F)CC2)cc1Cl. The smallest absolute Gasteiger partial charge is 0.336 e. The van der Waals surface area contributed by atoms with Crippen LogP contribution < -0.4 is 5.32 Å². The Labute approximate surface area is 181 Å². The predicted octanol–water partition coefficient (Wildman–Crippen LogP) is 3.63. The maximum atomic E-state index is 13.2. The third kappa shape index (κ3) is 5.54. The highest BCUT2D eigenvalue weighted by molar-refractivity contribution is 6.32. The first-order valence-electron chi connectivity index (χ1n) is 9.36. The van der Waals surface area contributed by atoms with E-state index in [1.54, 1.807) is 11.0 Å². The van der Waals surface area contributed by atoms with Crippen molar-refractivity contribution >= 4 is 29.1 Å². The van der Waals surface area contributed by atoms with E-state index in [1.807, 2.05) is 6.07 Å². The highest BCUT2D eigenvalue weighted by Crippen LogP contribution is 2.32. The van der Waals surface area contributed by atoms with Crippen LogP contribution in [0.3, 0.4) is 0 Å². The molecule has 1 aliphatic rings. The summed E-state index contributed by atoms with van der Waals surface area (Å²) in [6, 6.07) is 11.2. The van der Waals surface area contributed by atoms with Gasteiger partial charge in [0.2, 0.25) is 5.91 Å². The van der Waals surface area contributed by atoms with Crippen LogP contribution in [0.1, 0.15) is 21.5 Å². The number of benzene rings is 2. The number of anilines is 1. The topological polar surface area (TPSA) is 76.4 Å². The van der Waals surface area contributed by atoms with Gasteiger partial charge in [0.1, 0.15) is 6.07 Å². The fourth-order valence-corrected chi connectivity index (χ4v) is 3.51. The van der Waals surface area contributed by atoms with Crippen LogP contribution in [0.15, 0.2) is 42.5 Å². The highest BCUT2D eigenvalue weighted by atomic mass is 35.5. The zero-order valence-electron chi connectivity index (χ0n) is 16.2. The fraction of sp³-hybridized carbons (Fsp3) is 0.286. The van der Waals surface area contributed by atoms with Gasteiger partial charge in [0, 0.05) is 31.9 Å². The second-order valence-electron chi connectivity index (χ2n) is 6.97. The number of nitrogens with zero attached hydrogens (tertiary/aromatic N) is 3. The van der Waals surface area contributed by atoms with Crippen molar-refractivity contribution in [1.29, 1.82) is 5.26 Å². The van der Waals surface area contributed by atoms with E-state index in [4.69, 9.17) is 16.9 Å². The zero-order valence-corrected chi connectivity index (χ0v) is 17.0. The number of nitrogens with one attached hydrogen (secondary N) is 1. The number of rotatable bonds is 4. The molecule has 0 unspecified atom stereocenters. The molecule has 2 amide bonds. The third-order valence-electron chi connectivity index (χ3n) is 4.86. The molecule has 0 atom stereocenters. The van der Waals surface area contributed by atoms with Gasteiger partial charge in [-0.15, -0.1) is 0 Å². The van der Waals surface area contributed by atoms with E-state index < -0.39 is 17.6 Å². The van der Waals surface area contributed by atoms with Crippen molar-refractivity contribution in [2.75, 3.05) is 38.0 Å². The molecule has 0 aromatic heterocycles. The first kappa shape index (κ1) is 22.6. The number of carbonyl (C=O) groups is 2. The standard InChI is InChI=1S/C21H18ClF3N4O2/c22-18-11-15(6-5-14(18)12-26)27-19(30)13-28-7-9-29(10-8-28)20(31)16-3-1-2-4-17(16)21(23,24)25/h1-6,11H,7-10,13H2,(H,27,30). The molecule has 162 valence electrons. The molecular formula is C21H18ClF3N4O2. The molecule has 1 saturated heterocycles. The van der Waals surface area contributed by atoms with Crippen LogP contribution in [0.4, 0.5) is 18.9 Å². The Hall–Kier alpha value is -3.09. The Morgan fingerprint density at radius 1 is 1.10 bits per heavy atom. The summed E-state index contributed by atoms with van der Waals surface area (Å²) in [7, 11) is 0. The van der Waals surface area contributed by atoms with Gasteiger partial charge in [0.15, 0.2) is 0 Å². The lowest BCUT2D eigenvalue weighted by Gasteiger charge is -2.34. The van der Waals surface area contributed by atoms with Crippen molar-refractivity contribution in [3.63, 3.8) is 0 Å². The number of nitriles is 1. The van der Waals surface area contributed by atoms with Gasteiger partial charge >= 0.3 is 6.18 Å². The number of alkyl halides is 3. The molecule has 1 fully saturated rings. The lowest BCUT2D eigenvalue weighted by Crippen LogP contribution is -2.50. The van der Waals surface area contributed by atoms with Crippen LogP contribution in [0.2, 0.25) is 5.02 Å². The summed E-state index contributed by atoms with van der Waals surface area (Å²) >= 11 is 5.95. The summed E-state index contributed by atoms with van der Waals surface area (Å²) in [5.74, 6) is -0.979. The van der Waals surface area contributed by atoms with Crippen molar-refractivity contribution in [2.45, 2.75) is 6.18 Å². The van der Waals surface area contributed by atoms with Crippen LogP contribution >= 0.6 is 11.6 Å². The van der Waals surface area contributed by atoms with Gasteiger partial charge in [-0.1, -0.05) is 23.7 Å². The predicted molar refractivity (Wildman–Crippen MR) is 109 cm³/mol. The van der Waals surface area contributed by atoms with Gasteiger partial charge in [0.25, 0.3) is 5.91 Å². The zero-order chi connectivity index (χ0) is 22.6. The number of hydrogen-bond acceptors (Lipinski definition) is 4. The molecule has 10 heteroatoms. The Morgan fingerprint density at radius 2 is 1.77 bits per heavy atom. The number of hydrogen-bond donors (Lipinski definition) is 1. The molecule has 1 heterocycles. The Balaban J connectivity index is 1.55. The van der Waals surface area contributed by atoms with E-state index >= 15 is 0 Å². The van der Waals surface area contributed by atoms with Gasteiger partial charge < -0.3 is 10.2 Å². The molecule has 0 aliphatic carbocycles. The minimum atomic E-state index is -4.61. The second-order valence-corrected chi connectivity index (χ2v) is 7.37. The molecule has 0 radical (unpaired) electrons. The summed E-state index contributed by atoms with van der Waals surface area (Å²) in [5, 5.41) is 11.8. The minimum absolute atomic E-state index is 0.0544. The van der Waals surface area contributed by atoms with Crippen LogP contribution in [-0.4, -0.2) is 54.3 Å². The third-order valence-corrected chi connectivity index (χ3v) is 5.18. The fourth-order valence-electron chi connectivity index (χ4n) is 3.28. The van der Waals surface area contributed by atoms with E-state index in [9.17, 15) is 22.8 Å². The lowest BCUT2D eigenvalue weighted by molar-refractivity contribution is -0.138. The van der Waals surface area contributed by atoms with Crippen molar-refractivity contribution in [3.05, 3.63) is 64.2 Å². The van der Waals surface area contributed by atoms with Crippen molar-refractivity contribution in [1.82, 2.24) is 9.80 Å². The molecule has 2 aromatic rings. The first-order chi connectivity index (χ1) is 14.7. The molecular weight excluding hydrogens is 433 g/mol. The van der Waals surface area contributed by atoms with Gasteiger partial charge in [-0.2, -0.15) is 18.4 Å². The van der Waals surface area contributed by atoms with E-state index in [1.165, 1.54) is 35.2 Å². The van der Waals surface area contributed by atoms with Crippen LogP contribution in [0, 0.1) is 11.3 Å². The number of piperazine rings is 1. The van der Waals surface area contributed by atoms with Gasteiger partial charge in [-0.25, -0.2) is 0 Å². The summed E-state index contributed by atoms with van der Waals surface area (Å²) in [6.07, 6.45) is -4.61. The summed E-state index contributed by atoms with van der Waals surface area (Å²) in [4.78, 5) is 28.1. The summed E-state index contributed by atoms with van der Waals surface area (Å²) < 4.78 is 39.5. The van der Waals surface area contributed by atoms with Crippen LogP contribution in [0.25, 0.3) is 0 Å². The molecule has 3 rings (SSSR count). The Morgan fingerprint density at radius 3 is 2.39 bits per heavy atom. The van der Waals surface area contributed by atoms with Gasteiger partial charge in [0.05, 0.1) is 28.3 Å². The molecule has 31 heavy (non-hydrogen) atoms. The maximum absolute atomic E-state index is 13.2. The quantitative estimate of drug-likeness (QED) is 0.771. The van der Waals surface area contributed by atoms with Crippen molar-refractivity contribution in [3.8, 4) is 6.07 Å². The van der Waals surface area contributed by atoms with Crippen molar-refractivity contribution in [2.24, 2.45) is 0 Å². The Kier molecular flexibility index (Phi) is 6.83. The normalized spacial score (nSPS) is 14.7. The summed E-state index contributed by atoms with van der Waals surface area (Å²) in [5.41, 5.74) is -0.583. The molecule has 0 bridgehead atoms. The van der Waals surface area contributed by atoms with E-state index in [0.717, 1.165) is 6.07 Å². The minimum Gasteiger partial charge on any atom is -0.336 e. The average molecular weight is 451 g/mol. The molecule has 6 nitrogen and oxygen atoms in total. The first-order valence-corrected chi connectivity index (χ1v) is 9.74. The van der Waals surface area contributed by atoms with Gasteiger partial charge in [-0.05, 0) is 30.3 Å². The van der Waals surface area contributed by atoms with Crippen molar-refractivity contribution < 1.29 is 22.8 Å². The molecule has 2 aromatic carbocycles. The Bertz CT molecular complexity index is 1030. The maximum Gasteiger partial charge on any atom is 0.417 e. The molecule has 1 aliphatic heterocycles. The van der Waals surface area contributed by atoms with E-state index in [2.05, 4.69) is 5.32 Å². The summed E-state index contributed by atoms with van der Waals surface area (Å²) in [6.45, 7) is 1.17. The molecule has 0 spiro atoms. The van der Waals surface area contributed by atoms with Gasteiger partial charge in [-0.3, -0.25) is 14.5 Å². The van der Waals surface area contributed by atoms with E-state index in [-0.39, 0.29) is 36.1 Å². The number of halogens is 4. The van der Waals surface area contributed by atoms with E-state index in [0.29, 0.717) is 24.3 Å². The molecule has 0 saturated carbocycles. The second kappa shape index (κ2) is 9.37. The van der Waals surface area contributed by atoms with Crippen LogP contribution in [0.5, 0.6) is 0 Å². The molecule has 1 N–H and O–H groups in total. The lowest BCUT2D eigenvalue weighted by atomic mass is 10.1. The largest absolute Gasteiger partial charge is 0.417 e. The number of carbonyl (C=O) groups excluding carboxylic acids is 2. The monoisotopic (exact) mass is 450 g/mol. The number of amides is 2. The highest BCUT2D eigenvalue weighted by Gasteiger charge is 2.36. The van der Waals surface area contributed by atoms with Crippen LogP contribution in [-0.2, 0) is 11.0 Å².